The van der Waals surface area contributed by atoms with Crippen LogP contribution in [0.4, 0.5) is 0 Å². The molecule has 9 N–H and O–H groups in total. The number of hydrogen-bond donors (Lipinski definition) is 7. The summed E-state index contributed by atoms with van der Waals surface area (Å²) in [5.74, 6) is -4.55. The molecule has 0 aliphatic heterocycles. The lowest BCUT2D eigenvalue weighted by atomic mass is 10.0. The van der Waals surface area contributed by atoms with Crippen molar-refractivity contribution in [1.29, 1.82) is 0 Å². The van der Waals surface area contributed by atoms with Crippen molar-refractivity contribution >= 4 is 35.8 Å². The number of amides is 5. The highest BCUT2D eigenvalue weighted by molar-refractivity contribution is 5.95. The van der Waals surface area contributed by atoms with Crippen LogP contribution in [0.3, 0.4) is 0 Å². The van der Waals surface area contributed by atoms with E-state index in [1.807, 2.05) is 13.8 Å². The summed E-state index contributed by atoms with van der Waals surface area (Å²) < 4.78 is 0. The fraction of sp³-hybridized carbons (Fsp3) is 0.793. The lowest BCUT2D eigenvalue weighted by Crippen LogP contribution is -2.60. The largest absolute Gasteiger partial charge is 0.393 e. The highest BCUT2D eigenvalue weighted by Crippen LogP contribution is 2.13. The van der Waals surface area contributed by atoms with Gasteiger partial charge in [0.2, 0.25) is 29.5 Å². The van der Waals surface area contributed by atoms with Crippen LogP contribution in [0, 0.1) is 5.92 Å². The van der Waals surface area contributed by atoms with E-state index < -0.39 is 72.7 Å². The number of aliphatic hydroxyl groups is 2. The Morgan fingerprint density at radius 1 is 0.738 bits per heavy atom. The Kier molecular flexibility index (Phi) is 20.9. The minimum absolute atomic E-state index is 0.0370. The molecule has 0 aromatic carbocycles. The van der Waals surface area contributed by atoms with E-state index in [1.54, 1.807) is 0 Å². The highest BCUT2D eigenvalue weighted by Gasteiger charge is 2.34. The molecular formula is C29H53N5O8. The molecule has 42 heavy (non-hydrogen) atoms. The van der Waals surface area contributed by atoms with Crippen LogP contribution in [0.5, 0.6) is 0 Å². The van der Waals surface area contributed by atoms with Gasteiger partial charge in [0, 0.05) is 0 Å². The molecule has 0 bridgehead atoms. The molecule has 242 valence electrons. The van der Waals surface area contributed by atoms with Crippen molar-refractivity contribution in [1.82, 2.24) is 16.0 Å². The number of unbranched alkanes of at least 4 members (excludes halogenated alkanes) is 8. The molecule has 13 heteroatoms. The van der Waals surface area contributed by atoms with E-state index in [2.05, 4.69) is 22.9 Å². The van der Waals surface area contributed by atoms with Gasteiger partial charge in [-0.3, -0.25) is 24.0 Å². The first-order valence-electron chi connectivity index (χ1n) is 15.1. The van der Waals surface area contributed by atoms with Crippen LogP contribution in [0.1, 0.15) is 111 Å². The second-order valence-corrected chi connectivity index (χ2v) is 11.4. The van der Waals surface area contributed by atoms with Crippen molar-refractivity contribution in [3.05, 3.63) is 0 Å². The SMILES string of the molecule is CCCCCCCCCCC[C@@H](O)CC(=O)N[C@@H](CC(N)=O)C(=O)N[C@H](C(=O)N[C@H](C=O)CC(C)C)[C@H](O)CC(N)=O. The molecule has 0 spiro atoms. The number of primary amides is 2. The zero-order chi connectivity index (χ0) is 32.1. The maximum atomic E-state index is 13.0. The van der Waals surface area contributed by atoms with Gasteiger partial charge in [-0.1, -0.05) is 78.6 Å². The molecule has 0 heterocycles. The smallest absolute Gasteiger partial charge is 0.245 e. The van der Waals surface area contributed by atoms with Gasteiger partial charge >= 0.3 is 0 Å². The summed E-state index contributed by atoms with van der Waals surface area (Å²) in [4.78, 5) is 72.9. The molecule has 0 aromatic rings. The van der Waals surface area contributed by atoms with Crippen molar-refractivity contribution < 1.29 is 39.0 Å². The minimum Gasteiger partial charge on any atom is -0.393 e. The van der Waals surface area contributed by atoms with Crippen molar-refractivity contribution in [3.63, 3.8) is 0 Å². The number of aldehydes is 1. The van der Waals surface area contributed by atoms with E-state index in [1.165, 1.54) is 32.1 Å². The molecule has 5 amide bonds. The first-order chi connectivity index (χ1) is 19.8. The Morgan fingerprint density at radius 3 is 1.79 bits per heavy atom. The van der Waals surface area contributed by atoms with Gasteiger partial charge in [-0.05, 0) is 18.8 Å². The molecular weight excluding hydrogens is 546 g/mol. The molecule has 0 fully saturated rings. The maximum Gasteiger partial charge on any atom is 0.245 e. The van der Waals surface area contributed by atoms with Crippen LogP contribution >= 0.6 is 0 Å². The number of nitrogens with one attached hydrogen (secondary N) is 3. The summed E-state index contributed by atoms with van der Waals surface area (Å²) in [6.07, 6.45) is 6.80. The van der Waals surface area contributed by atoms with Crippen LogP contribution < -0.4 is 27.4 Å². The molecule has 5 atom stereocenters. The van der Waals surface area contributed by atoms with Crippen LogP contribution in [-0.4, -0.2) is 76.4 Å². The molecule has 0 radical (unpaired) electrons. The second kappa shape index (κ2) is 22.5. The molecule has 0 unspecified atom stereocenters. The van der Waals surface area contributed by atoms with Gasteiger partial charge < -0.3 is 42.4 Å². The standard InChI is InChI=1S/C29H53N5O8/c1-4-5-6-7-8-9-10-11-12-13-21(36)15-26(40)33-22(16-24(30)38)28(41)34-27(23(37)17-25(31)39)29(42)32-20(18-35)14-19(2)3/h18-23,27,36-37H,4-17H2,1-3H3,(H2,30,38)(H2,31,39)(H,32,42)(H,33,40)(H,34,41)/t20-,21+,22-,23+,27-/m0/s1. The predicted octanol–water partition coefficient (Wildman–Crippen LogP) is 0.469. The Morgan fingerprint density at radius 2 is 1.29 bits per heavy atom. The van der Waals surface area contributed by atoms with Crippen LogP contribution in [0.2, 0.25) is 0 Å². The van der Waals surface area contributed by atoms with Gasteiger partial charge in [-0.2, -0.15) is 0 Å². The van der Waals surface area contributed by atoms with E-state index in [0.717, 1.165) is 25.7 Å². The molecule has 0 aliphatic rings. The third-order valence-corrected chi connectivity index (χ3v) is 6.71. The van der Waals surface area contributed by atoms with Crippen LogP contribution in [0.15, 0.2) is 0 Å². The fourth-order valence-corrected chi connectivity index (χ4v) is 4.51. The van der Waals surface area contributed by atoms with Gasteiger partial charge in [0.15, 0.2) is 0 Å². The monoisotopic (exact) mass is 599 g/mol. The molecule has 0 aliphatic carbocycles. The molecule has 0 rings (SSSR count). The number of aliphatic hydroxyl groups excluding tert-OH is 2. The maximum absolute atomic E-state index is 13.0. The number of carbonyl (C=O) groups is 6. The van der Waals surface area contributed by atoms with Gasteiger partial charge in [0.05, 0.1) is 37.5 Å². The van der Waals surface area contributed by atoms with Gasteiger partial charge in [-0.25, -0.2) is 0 Å². The quantitative estimate of drug-likeness (QED) is 0.0574. The molecule has 0 saturated carbocycles. The zero-order valence-electron chi connectivity index (χ0n) is 25.4. The highest BCUT2D eigenvalue weighted by atomic mass is 16.3. The normalized spacial score (nSPS) is 14.7. The average Bonchev–Trinajstić information content (AvgIpc) is 2.88. The Bertz CT molecular complexity index is 854. The lowest BCUT2D eigenvalue weighted by Gasteiger charge is -2.27. The number of nitrogens with two attached hydrogens (primary N) is 2. The van der Waals surface area contributed by atoms with Gasteiger partial charge in [-0.15, -0.1) is 0 Å². The van der Waals surface area contributed by atoms with Gasteiger partial charge in [0.1, 0.15) is 18.4 Å². The van der Waals surface area contributed by atoms with Crippen molar-refractivity contribution in [2.45, 2.75) is 141 Å². The average molecular weight is 600 g/mol. The fourth-order valence-electron chi connectivity index (χ4n) is 4.51. The third-order valence-electron chi connectivity index (χ3n) is 6.71. The summed E-state index contributed by atoms with van der Waals surface area (Å²) in [5.41, 5.74) is 10.4. The van der Waals surface area contributed by atoms with E-state index in [-0.39, 0.29) is 18.8 Å². The van der Waals surface area contributed by atoms with Crippen molar-refractivity contribution in [2.75, 3.05) is 0 Å². The Balaban J connectivity index is 5.14. The number of rotatable bonds is 25. The van der Waals surface area contributed by atoms with Crippen LogP contribution in [0.25, 0.3) is 0 Å². The summed E-state index contributed by atoms with van der Waals surface area (Å²) in [7, 11) is 0. The first kappa shape index (κ1) is 38.9. The van der Waals surface area contributed by atoms with E-state index in [4.69, 9.17) is 11.5 Å². The summed E-state index contributed by atoms with van der Waals surface area (Å²) in [6, 6.07) is -4.18. The second-order valence-electron chi connectivity index (χ2n) is 11.4. The first-order valence-corrected chi connectivity index (χ1v) is 15.1. The molecule has 0 aromatic heterocycles. The molecule has 0 saturated heterocycles. The lowest BCUT2D eigenvalue weighted by molar-refractivity contribution is -0.136. The third kappa shape index (κ3) is 19.1. The predicted molar refractivity (Wildman–Crippen MR) is 157 cm³/mol. The Labute approximate surface area is 249 Å². The topological polar surface area (TPSA) is 231 Å². The number of hydrogen-bond acceptors (Lipinski definition) is 8. The van der Waals surface area contributed by atoms with Gasteiger partial charge in [0.25, 0.3) is 0 Å². The summed E-state index contributed by atoms with van der Waals surface area (Å²) in [6.45, 7) is 5.83. The zero-order valence-corrected chi connectivity index (χ0v) is 25.4. The van der Waals surface area contributed by atoms with Crippen molar-refractivity contribution in [2.24, 2.45) is 17.4 Å². The van der Waals surface area contributed by atoms with E-state index in [9.17, 15) is 39.0 Å². The Hall–Kier alpha value is -3.06. The summed E-state index contributed by atoms with van der Waals surface area (Å²) >= 11 is 0. The van der Waals surface area contributed by atoms with E-state index in [0.29, 0.717) is 12.7 Å². The minimum atomic E-state index is -1.76. The van der Waals surface area contributed by atoms with Crippen LogP contribution in [-0.2, 0) is 28.8 Å². The summed E-state index contributed by atoms with van der Waals surface area (Å²) in [5, 5.41) is 27.7. The van der Waals surface area contributed by atoms with Crippen molar-refractivity contribution in [3.8, 4) is 0 Å². The number of carbonyl (C=O) groups excluding carboxylic acids is 6. The van der Waals surface area contributed by atoms with E-state index >= 15 is 0 Å². The molecule has 13 nitrogen and oxygen atoms in total.